The van der Waals surface area contributed by atoms with E-state index in [1.54, 1.807) is 6.20 Å². The number of hydrogen-bond donors (Lipinski definition) is 1. The van der Waals surface area contributed by atoms with Crippen molar-refractivity contribution in [2.24, 2.45) is 0 Å². The number of aromatic amines is 1. The summed E-state index contributed by atoms with van der Waals surface area (Å²) in [6, 6.07) is 10.8. The number of rotatable bonds is 2. The van der Waals surface area contributed by atoms with E-state index in [0.29, 0.717) is 5.92 Å². The second kappa shape index (κ2) is 5.16. The van der Waals surface area contributed by atoms with Gasteiger partial charge in [0, 0.05) is 19.2 Å². The summed E-state index contributed by atoms with van der Waals surface area (Å²) in [5.74, 6) is 2.61. The van der Waals surface area contributed by atoms with Gasteiger partial charge in [0.2, 0.25) is 0 Å². The number of nitrogens with zero attached hydrogens (tertiary/aromatic N) is 4. The molecule has 21 heavy (non-hydrogen) atoms. The van der Waals surface area contributed by atoms with Gasteiger partial charge in [0.15, 0.2) is 5.82 Å². The van der Waals surface area contributed by atoms with Crippen LogP contribution in [-0.4, -0.2) is 25.0 Å². The zero-order chi connectivity index (χ0) is 14.1. The van der Waals surface area contributed by atoms with Crippen LogP contribution in [0.3, 0.4) is 0 Å². The molecular weight excluding hydrogens is 262 g/mol. The molecule has 5 nitrogen and oxygen atoms in total. The molecule has 106 valence electrons. The molecular formula is C16H17N5. The quantitative estimate of drug-likeness (QED) is 0.784. The summed E-state index contributed by atoms with van der Waals surface area (Å²) < 4.78 is 2.24. The maximum absolute atomic E-state index is 4.37. The second-order valence-corrected chi connectivity index (χ2v) is 5.51. The average Bonchev–Trinajstić information content (AvgIpc) is 3.14. The number of fused-ring (bicyclic) bond motifs is 1. The third kappa shape index (κ3) is 2.24. The highest BCUT2D eigenvalue weighted by atomic mass is 15.3. The van der Waals surface area contributed by atoms with Crippen LogP contribution >= 0.6 is 0 Å². The molecule has 0 amide bonds. The third-order valence-corrected chi connectivity index (χ3v) is 4.27. The Morgan fingerprint density at radius 2 is 2.00 bits per heavy atom. The molecule has 3 heterocycles. The second-order valence-electron chi connectivity index (χ2n) is 5.51. The molecule has 0 radical (unpaired) electrons. The highest BCUT2D eigenvalue weighted by Gasteiger charge is 2.22. The maximum Gasteiger partial charge on any atom is 0.167 e. The molecule has 1 atom stereocenters. The summed E-state index contributed by atoms with van der Waals surface area (Å²) >= 11 is 0. The molecule has 1 aliphatic rings. The summed E-state index contributed by atoms with van der Waals surface area (Å²) in [4.78, 5) is 0. The average molecular weight is 279 g/mol. The SMILES string of the molecule is c1ccc(C2CCc3nnc(-c4cn[nH]c4)n3CC2)cc1. The van der Waals surface area contributed by atoms with Gasteiger partial charge in [0.05, 0.1) is 11.8 Å². The Morgan fingerprint density at radius 1 is 1.10 bits per heavy atom. The lowest BCUT2D eigenvalue weighted by atomic mass is 9.92. The van der Waals surface area contributed by atoms with Crippen LogP contribution in [0.1, 0.15) is 30.1 Å². The smallest absolute Gasteiger partial charge is 0.167 e. The Hall–Kier alpha value is -2.43. The predicted molar refractivity (Wildman–Crippen MR) is 79.7 cm³/mol. The fraction of sp³-hybridized carbons (Fsp3) is 0.312. The van der Waals surface area contributed by atoms with Crippen LogP contribution in [-0.2, 0) is 13.0 Å². The molecule has 0 saturated carbocycles. The van der Waals surface area contributed by atoms with Crippen molar-refractivity contribution in [2.45, 2.75) is 31.7 Å². The lowest BCUT2D eigenvalue weighted by Crippen LogP contribution is -2.04. The largest absolute Gasteiger partial charge is 0.311 e. The molecule has 0 saturated heterocycles. The van der Waals surface area contributed by atoms with E-state index < -0.39 is 0 Å². The van der Waals surface area contributed by atoms with Crippen molar-refractivity contribution in [1.82, 2.24) is 25.0 Å². The van der Waals surface area contributed by atoms with Gasteiger partial charge >= 0.3 is 0 Å². The normalized spacial score (nSPS) is 18.2. The lowest BCUT2D eigenvalue weighted by molar-refractivity contribution is 0.562. The standard InChI is InChI=1S/C16H17N5/c1-2-4-12(5-3-1)13-6-7-15-19-20-16(21(15)9-8-13)14-10-17-18-11-14/h1-5,10-11,13H,6-9H2,(H,17,18). The number of benzene rings is 1. The summed E-state index contributed by atoms with van der Waals surface area (Å²) in [5, 5.41) is 15.6. The third-order valence-electron chi connectivity index (χ3n) is 4.27. The molecule has 1 N–H and O–H groups in total. The Morgan fingerprint density at radius 3 is 2.81 bits per heavy atom. The van der Waals surface area contributed by atoms with Crippen molar-refractivity contribution in [1.29, 1.82) is 0 Å². The lowest BCUT2D eigenvalue weighted by Gasteiger charge is -2.14. The maximum atomic E-state index is 4.37. The molecule has 2 aromatic heterocycles. The van der Waals surface area contributed by atoms with Gasteiger partial charge in [-0.25, -0.2) is 0 Å². The molecule has 0 bridgehead atoms. The highest BCUT2D eigenvalue weighted by Crippen LogP contribution is 2.30. The first-order chi connectivity index (χ1) is 10.4. The number of H-pyrrole nitrogens is 1. The van der Waals surface area contributed by atoms with E-state index in [2.05, 4.69) is 55.3 Å². The van der Waals surface area contributed by atoms with Crippen LogP contribution in [0.25, 0.3) is 11.4 Å². The van der Waals surface area contributed by atoms with Crippen molar-refractivity contribution in [3.63, 3.8) is 0 Å². The molecule has 1 aromatic carbocycles. The van der Waals surface area contributed by atoms with Crippen LogP contribution in [0.5, 0.6) is 0 Å². The fourth-order valence-electron chi connectivity index (χ4n) is 3.13. The van der Waals surface area contributed by atoms with Crippen molar-refractivity contribution in [2.75, 3.05) is 0 Å². The van der Waals surface area contributed by atoms with E-state index >= 15 is 0 Å². The Labute approximate surface area is 123 Å². The van der Waals surface area contributed by atoms with Gasteiger partial charge in [-0.1, -0.05) is 30.3 Å². The van der Waals surface area contributed by atoms with Crippen LogP contribution < -0.4 is 0 Å². The number of nitrogens with one attached hydrogen (secondary N) is 1. The minimum Gasteiger partial charge on any atom is -0.311 e. The Kier molecular flexibility index (Phi) is 3.03. The molecule has 0 fully saturated rings. The first-order valence-corrected chi connectivity index (χ1v) is 7.38. The van der Waals surface area contributed by atoms with Gasteiger partial charge in [-0.15, -0.1) is 10.2 Å². The fourth-order valence-corrected chi connectivity index (χ4v) is 3.13. The van der Waals surface area contributed by atoms with E-state index in [-0.39, 0.29) is 0 Å². The first kappa shape index (κ1) is 12.3. The zero-order valence-corrected chi connectivity index (χ0v) is 11.7. The number of hydrogen-bond acceptors (Lipinski definition) is 3. The zero-order valence-electron chi connectivity index (χ0n) is 11.7. The molecule has 4 rings (SSSR count). The van der Waals surface area contributed by atoms with Gasteiger partial charge in [0.1, 0.15) is 5.82 Å². The van der Waals surface area contributed by atoms with E-state index in [0.717, 1.165) is 43.0 Å². The number of aromatic nitrogens is 5. The first-order valence-electron chi connectivity index (χ1n) is 7.38. The summed E-state index contributed by atoms with van der Waals surface area (Å²) in [5.41, 5.74) is 2.44. The van der Waals surface area contributed by atoms with Gasteiger partial charge in [-0.2, -0.15) is 5.10 Å². The molecule has 0 spiro atoms. The topological polar surface area (TPSA) is 59.4 Å². The number of aryl methyl sites for hydroxylation is 1. The molecule has 1 aliphatic heterocycles. The van der Waals surface area contributed by atoms with E-state index in [9.17, 15) is 0 Å². The van der Waals surface area contributed by atoms with Gasteiger partial charge in [0.25, 0.3) is 0 Å². The van der Waals surface area contributed by atoms with E-state index in [1.165, 1.54) is 5.56 Å². The van der Waals surface area contributed by atoms with E-state index in [1.807, 2.05) is 6.20 Å². The van der Waals surface area contributed by atoms with Crippen LogP contribution in [0.4, 0.5) is 0 Å². The molecule has 0 aliphatic carbocycles. The van der Waals surface area contributed by atoms with Gasteiger partial charge < -0.3 is 4.57 Å². The van der Waals surface area contributed by atoms with Crippen molar-refractivity contribution in [3.8, 4) is 11.4 Å². The van der Waals surface area contributed by atoms with Crippen LogP contribution in [0, 0.1) is 0 Å². The van der Waals surface area contributed by atoms with Crippen molar-refractivity contribution >= 4 is 0 Å². The van der Waals surface area contributed by atoms with Crippen molar-refractivity contribution in [3.05, 3.63) is 54.1 Å². The van der Waals surface area contributed by atoms with Gasteiger partial charge in [-0.05, 0) is 24.3 Å². The van der Waals surface area contributed by atoms with Crippen LogP contribution in [0.2, 0.25) is 0 Å². The Bertz CT molecular complexity index is 714. The van der Waals surface area contributed by atoms with Crippen LogP contribution in [0.15, 0.2) is 42.7 Å². The highest BCUT2D eigenvalue weighted by molar-refractivity contribution is 5.52. The molecule has 3 aromatic rings. The Balaban J connectivity index is 1.62. The monoisotopic (exact) mass is 279 g/mol. The summed E-state index contributed by atoms with van der Waals surface area (Å²) in [6.45, 7) is 0.961. The van der Waals surface area contributed by atoms with Gasteiger partial charge in [-0.3, -0.25) is 5.10 Å². The summed E-state index contributed by atoms with van der Waals surface area (Å²) in [6.07, 6.45) is 6.91. The minimum absolute atomic E-state index is 0.602. The molecule has 5 heteroatoms. The summed E-state index contributed by atoms with van der Waals surface area (Å²) in [7, 11) is 0. The molecule has 1 unspecified atom stereocenters. The van der Waals surface area contributed by atoms with E-state index in [4.69, 9.17) is 0 Å². The minimum atomic E-state index is 0.602. The van der Waals surface area contributed by atoms with Crippen molar-refractivity contribution < 1.29 is 0 Å². The predicted octanol–water partition coefficient (Wildman–Crippen LogP) is 2.79.